The van der Waals surface area contributed by atoms with Crippen LogP contribution < -0.4 is 10.9 Å². The van der Waals surface area contributed by atoms with Crippen molar-refractivity contribution in [1.82, 2.24) is 15.8 Å². The van der Waals surface area contributed by atoms with E-state index in [0.717, 1.165) is 32.7 Å². The summed E-state index contributed by atoms with van der Waals surface area (Å²) in [4.78, 5) is 13.9. The Kier molecular flexibility index (Phi) is 4.09. The van der Waals surface area contributed by atoms with E-state index >= 15 is 0 Å². The van der Waals surface area contributed by atoms with Gasteiger partial charge in [0, 0.05) is 19.1 Å². The van der Waals surface area contributed by atoms with Crippen LogP contribution in [-0.2, 0) is 9.47 Å². The van der Waals surface area contributed by atoms with Gasteiger partial charge in [0.25, 0.3) is 0 Å². The molecule has 0 spiro atoms. The molecule has 2 rings (SSSR count). The lowest BCUT2D eigenvalue weighted by atomic mass is 10.2. The number of amides is 1. The van der Waals surface area contributed by atoms with Gasteiger partial charge >= 0.3 is 6.09 Å². The number of hydrogen-bond acceptors (Lipinski definition) is 5. The second-order valence-electron chi connectivity index (χ2n) is 5.94. The first kappa shape index (κ1) is 13.6. The minimum atomic E-state index is -0.462. The summed E-state index contributed by atoms with van der Waals surface area (Å²) in [5.41, 5.74) is 5.18. The van der Waals surface area contributed by atoms with Crippen LogP contribution in [0.25, 0.3) is 0 Å². The highest BCUT2D eigenvalue weighted by Gasteiger charge is 2.32. The van der Waals surface area contributed by atoms with Crippen LogP contribution in [0.3, 0.4) is 0 Å². The predicted molar refractivity (Wildman–Crippen MR) is 67.1 cm³/mol. The maximum absolute atomic E-state index is 11.5. The fourth-order valence-corrected chi connectivity index (χ4v) is 2.14. The first-order valence-electron chi connectivity index (χ1n) is 6.50. The number of hydrogen-bond donors (Lipinski definition) is 2. The van der Waals surface area contributed by atoms with Crippen molar-refractivity contribution in [3.8, 4) is 0 Å². The molecule has 2 aliphatic rings. The number of carbonyl (C=O) groups excluding carboxylic acids is 1. The summed E-state index contributed by atoms with van der Waals surface area (Å²) in [5, 5.41) is 0. The molecule has 0 aliphatic carbocycles. The van der Waals surface area contributed by atoms with Crippen LogP contribution in [0.2, 0.25) is 0 Å². The van der Waals surface area contributed by atoms with Gasteiger partial charge in [0.2, 0.25) is 0 Å². The smallest absolute Gasteiger partial charge is 0.422 e. The van der Waals surface area contributed by atoms with Crippen molar-refractivity contribution in [3.05, 3.63) is 0 Å². The highest BCUT2D eigenvalue weighted by atomic mass is 16.6. The lowest BCUT2D eigenvalue weighted by Crippen LogP contribution is -2.51. The molecule has 18 heavy (non-hydrogen) atoms. The molecule has 0 bridgehead atoms. The zero-order valence-corrected chi connectivity index (χ0v) is 11.4. The summed E-state index contributed by atoms with van der Waals surface area (Å²) in [7, 11) is 0. The van der Waals surface area contributed by atoms with Crippen molar-refractivity contribution < 1.29 is 14.3 Å². The Morgan fingerprint density at radius 1 is 1.39 bits per heavy atom. The monoisotopic (exact) mass is 257 g/mol. The number of hydrazine groups is 1. The van der Waals surface area contributed by atoms with Crippen molar-refractivity contribution >= 4 is 6.09 Å². The standard InChI is InChI=1S/C12H23N3O3/c1-12(2,3)18-11(16)14-13-9-4-5-15(6-9)10-7-17-8-10/h9-10,13H,4-8H2,1-3H3,(H,14,16)/t9-/m1/s1. The lowest BCUT2D eigenvalue weighted by Gasteiger charge is -2.34. The summed E-state index contributed by atoms with van der Waals surface area (Å²) in [6.45, 7) is 9.23. The molecule has 2 N–H and O–H groups in total. The molecule has 1 atom stereocenters. The van der Waals surface area contributed by atoms with Crippen LogP contribution in [-0.4, -0.2) is 55.0 Å². The number of nitrogens with one attached hydrogen (secondary N) is 2. The Balaban J connectivity index is 1.64. The lowest BCUT2D eigenvalue weighted by molar-refractivity contribution is -0.0576. The zero-order valence-electron chi connectivity index (χ0n) is 11.4. The summed E-state index contributed by atoms with van der Waals surface area (Å²) < 4.78 is 10.3. The number of carbonyl (C=O) groups is 1. The largest absolute Gasteiger partial charge is 0.443 e. The van der Waals surface area contributed by atoms with Gasteiger partial charge < -0.3 is 9.47 Å². The zero-order chi connectivity index (χ0) is 13.2. The minimum absolute atomic E-state index is 0.290. The van der Waals surface area contributed by atoms with E-state index in [4.69, 9.17) is 9.47 Å². The maximum Gasteiger partial charge on any atom is 0.422 e. The summed E-state index contributed by atoms with van der Waals surface area (Å²) in [6, 6.07) is 0.858. The normalized spacial score (nSPS) is 25.8. The summed E-state index contributed by atoms with van der Waals surface area (Å²) >= 11 is 0. The van der Waals surface area contributed by atoms with Crippen LogP contribution in [0, 0.1) is 0 Å². The fraction of sp³-hybridized carbons (Fsp3) is 0.917. The molecular formula is C12H23N3O3. The average Bonchev–Trinajstić information content (AvgIpc) is 2.58. The molecule has 6 nitrogen and oxygen atoms in total. The van der Waals surface area contributed by atoms with E-state index in [-0.39, 0.29) is 6.04 Å². The topological polar surface area (TPSA) is 62.8 Å². The van der Waals surface area contributed by atoms with Gasteiger partial charge in [-0.3, -0.25) is 10.3 Å². The van der Waals surface area contributed by atoms with E-state index in [0.29, 0.717) is 6.04 Å². The fourth-order valence-electron chi connectivity index (χ4n) is 2.14. The first-order valence-corrected chi connectivity index (χ1v) is 6.50. The molecule has 6 heteroatoms. The molecule has 0 unspecified atom stereocenters. The van der Waals surface area contributed by atoms with Gasteiger partial charge in [-0.25, -0.2) is 10.2 Å². The number of likely N-dealkylation sites (tertiary alicyclic amines) is 1. The van der Waals surface area contributed by atoms with E-state index in [1.807, 2.05) is 20.8 Å². The molecule has 0 radical (unpaired) electrons. The van der Waals surface area contributed by atoms with Crippen LogP contribution in [0.4, 0.5) is 4.79 Å². The molecular weight excluding hydrogens is 234 g/mol. The Bertz CT molecular complexity index is 299. The average molecular weight is 257 g/mol. The molecule has 0 aromatic rings. The van der Waals surface area contributed by atoms with Crippen molar-refractivity contribution in [2.75, 3.05) is 26.3 Å². The number of nitrogens with zero attached hydrogens (tertiary/aromatic N) is 1. The van der Waals surface area contributed by atoms with Gasteiger partial charge in [-0.05, 0) is 27.2 Å². The van der Waals surface area contributed by atoms with Crippen LogP contribution in [0.15, 0.2) is 0 Å². The molecule has 0 aromatic heterocycles. The molecule has 2 saturated heterocycles. The van der Waals surface area contributed by atoms with Gasteiger partial charge in [-0.2, -0.15) is 0 Å². The molecule has 1 amide bonds. The SMILES string of the molecule is CC(C)(C)OC(=O)NN[C@@H]1CCN(C2COC2)C1. The van der Waals surface area contributed by atoms with Crippen molar-refractivity contribution in [2.24, 2.45) is 0 Å². The quantitative estimate of drug-likeness (QED) is 0.720. The van der Waals surface area contributed by atoms with Gasteiger partial charge in [0.15, 0.2) is 0 Å². The van der Waals surface area contributed by atoms with Crippen molar-refractivity contribution in [3.63, 3.8) is 0 Å². The Morgan fingerprint density at radius 2 is 2.11 bits per heavy atom. The second kappa shape index (κ2) is 5.42. The third-order valence-electron chi connectivity index (χ3n) is 3.13. The Hall–Kier alpha value is -0.850. The maximum atomic E-state index is 11.5. The molecule has 2 heterocycles. The van der Waals surface area contributed by atoms with E-state index in [9.17, 15) is 4.79 Å². The van der Waals surface area contributed by atoms with E-state index in [1.165, 1.54) is 0 Å². The van der Waals surface area contributed by atoms with Gasteiger partial charge in [0.05, 0.1) is 19.3 Å². The van der Waals surface area contributed by atoms with Crippen LogP contribution in [0.1, 0.15) is 27.2 Å². The number of rotatable bonds is 3. The molecule has 2 fully saturated rings. The Labute approximate surface area is 108 Å². The first-order chi connectivity index (χ1) is 8.44. The third-order valence-corrected chi connectivity index (χ3v) is 3.13. The summed E-state index contributed by atoms with van der Waals surface area (Å²) in [6.07, 6.45) is 0.611. The van der Waals surface area contributed by atoms with E-state index in [1.54, 1.807) is 0 Å². The highest BCUT2D eigenvalue weighted by molar-refractivity contribution is 5.67. The Morgan fingerprint density at radius 3 is 2.67 bits per heavy atom. The second-order valence-corrected chi connectivity index (χ2v) is 5.94. The molecule has 2 aliphatic heterocycles. The molecule has 104 valence electrons. The van der Waals surface area contributed by atoms with Crippen LogP contribution >= 0.6 is 0 Å². The molecule has 0 aromatic carbocycles. The predicted octanol–water partition coefficient (Wildman–Crippen LogP) is 0.489. The van der Waals surface area contributed by atoms with Gasteiger partial charge in [-0.1, -0.05) is 0 Å². The number of ether oxygens (including phenoxy) is 2. The van der Waals surface area contributed by atoms with Crippen molar-refractivity contribution in [1.29, 1.82) is 0 Å². The van der Waals surface area contributed by atoms with E-state index in [2.05, 4.69) is 15.8 Å². The molecule has 0 saturated carbocycles. The minimum Gasteiger partial charge on any atom is -0.443 e. The van der Waals surface area contributed by atoms with Crippen LogP contribution in [0.5, 0.6) is 0 Å². The van der Waals surface area contributed by atoms with Gasteiger partial charge in [0.1, 0.15) is 5.60 Å². The van der Waals surface area contributed by atoms with Gasteiger partial charge in [-0.15, -0.1) is 0 Å². The highest BCUT2D eigenvalue weighted by Crippen LogP contribution is 2.17. The third kappa shape index (κ3) is 3.83. The summed E-state index contributed by atoms with van der Waals surface area (Å²) in [5.74, 6) is 0. The van der Waals surface area contributed by atoms with E-state index < -0.39 is 11.7 Å². The van der Waals surface area contributed by atoms with Crippen molar-refractivity contribution in [2.45, 2.75) is 44.9 Å².